The summed E-state index contributed by atoms with van der Waals surface area (Å²) in [4.78, 5) is 0. The molecule has 20 heavy (non-hydrogen) atoms. The third-order valence-corrected chi connectivity index (χ3v) is 8.75. The van der Waals surface area contributed by atoms with Gasteiger partial charge in [0.05, 0.1) is 8.07 Å². The molecular formula is C16H21Cl2HfSi-3. The van der Waals surface area contributed by atoms with Crippen molar-refractivity contribution in [1.29, 1.82) is 0 Å². The minimum Gasteiger partial charge on any atom is -1.00 e. The van der Waals surface area contributed by atoms with Crippen molar-refractivity contribution in [2.45, 2.75) is 47.2 Å². The third kappa shape index (κ3) is 2.35. The summed E-state index contributed by atoms with van der Waals surface area (Å²) in [6, 6.07) is 0. The Morgan fingerprint density at radius 1 is 1.15 bits per heavy atom. The Hall–Kier alpha value is 0.627. The predicted octanol–water partition coefficient (Wildman–Crippen LogP) is -1.48. The van der Waals surface area contributed by atoms with Crippen molar-refractivity contribution in [2.75, 3.05) is 0 Å². The van der Waals surface area contributed by atoms with Gasteiger partial charge in [-0.3, -0.25) is 6.08 Å². The van der Waals surface area contributed by atoms with E-state index in [0.717, 1.165) is 6.42 Å². The normalized spacial score (nSPS) is 28.9. The zero-order valence-electron chi connectivity index (χ0n) is 13.0. The fraction of sp³-hybridized carbons (Fsp3) is 0.500. The first kappa shape index (κ1) is 20.6. The van der Waals surface area contributed by atoms with Gasteiger partial charge >= 0.3 is 0 Å². The molecule has 0 aromatic carbocycles. The van der Waals surface area contributed by atoms with Crippen LogP contribution in [0.3, 0.4) is 0 Å². The van der Waals surface area contributed by atoms with Crippen molar-refractivity contribution >= 4 is 8.07 Å². The van der Waals surface area contributed by atoms with Crippen LogP contribution in [0.25, 0.3) is 0 Å². The first-order valence-electron chi connectivity index (χ1n) is 6.53. The molecule has 0 fully saturated rings. The summed E-state index contributed by atoms with van der Waals surface area (Å²) in [5.74, 6) is 0. The van der Waals surface area contributed by atoms with E-state index in [1.165, 1.54) is 11.1 Å². The van der Waals surface area contributed by atoms with Crippen LogP contribution in [0.1, 0.15) is 34.1 Å². The Morgan fingerprint density at radius 2 is 1.70 bits per heavy atom. The van der Waals surface area contributed by atoms with Gasteiger partial charge < -0.3 is 24.8 Å². The molecule has 0 radical (unpaired) electrons. The van der Waals surface area contributed by atoms with E-state index < -0.39 is 8.07 Å². The molecule has 0 amide bonds. The second-order valence-electron chi connectivity index (χ2n) is 6.58. The molecule has 1 atom stereocenters. The van der Waals surface area contributed by atoms with E-state index in [1.54, 1.807) is 21.5 Å². The summed E-state index contributed by atoms with van der Waals surface area (Å²) >= 11 is 0. The molecule has 0 spiro atoms. The molecule has 4 heteroatoms. The fourth-order valence-electron chi connectivity index (χ4n) is 4.41. The molecule has 4 rings (SSSR count). The van der Waals surface area contributed by atoms with Gasteiger partial charge in [0.15, 0.2) is 0 Å². The minimum absolute atomic E-state index is 0. The molecule has 2 bridgehead atoms. The summed E-state index contributed by atoms with van der Waals surface area (Å²) < 4.78 is 0. The molecule has 0 aromatic heterocycles. The van der Waals surface area contributed by atoms with Gasteiger partial charge in [-0.2, -0.15) is 5.20 Å². The minimum atomic E-state index is -1.24. The van der Waals surface area contributed by atoms with Crippen LogP contribution in [0.4, 0.5) is 0 Å². The maximum absolute atomic E-state index is 3.85. The SMILES string of the molecule is CC1=CC(C)=C(C2(C)[C-]=C3C(C)=C2[Si]3(C)C)C1.[Cl-].[Cl-].[Hf]. The summed E-state index contributed by atoms with van der Waals surface area (Å²) in [6.45, 7) is 14.2. The largest absolute Gasteiger partial charge is 1.00 e. The Morgan fingerprint density at radius 3 is 2.00 bits per heavy atom. The van der Waals surface area contributed by atoms with Crippen LogP contribution in [0, 0.1) is 11.5 Å². The van der Waals surface area contributed by atoms with Crippen molar-refractivity contribution in [3.63, 3.8) is 0 Å². The zero-order chi connectivity index (χ0) is 12.6. The van der Waals surface area contributed by atoms with Crippen LogP contribution in [0.5, 0.6) is 0 Å². The first-order chi connectivity index (χ1) is 7.78. The van der Waals surface area contributed by atoms with Gasteiger partial charge in [-0.05, 0) is 20.3 Å². The van der Waals surface area contributed by atoms with Crippen LogP contribution >= 0.6 is 0 Å². The van der Waals surface area contributed by atoms with Crippen molar-refractivity contribution in [3.8, 4) is 0 Å². The Bertz CT molecular complexity index is 567. The Balaban J connectivity index is 0.00000120. The van der Waals surface area contributed by atoms with Gasteiger partial charge in [0.1, 0.15) is 0 Å². The molecule has 4 aliphatic rings. The van der Waals surface area contributed by atoms with Crippen LogP contribution < -0.4 is 24.8 Å². The molecule has 2 aliphatic carbocycles. The molecule has 0 N–H and O–H groups in total. The van der Waals surface area contributed by atoms with Crippen molar-refractivity contribution in [3.05, 3.63) is 44.8 Å². The summed E-state index contributed by atoms with van der Waals surface area (Å²) in [7, 11) is -1.24. The third-order valence-electron chi connectivity index (χ3n) is 4.87. The molecule has 1 unspecified atom stereocenters. The standard InChI is InChI=1S/C16H21Si.2ClH.Hf/c1-10-7-11(2)13(8-10)16(4)9-14-12(3)15(16)17(14,5)6;;;/h7H,8H2,1-6H3;2*1H;/q-1;;;/p-2. The number of rotatable bonds is 1. The average molecular weight is 491 g/mol. The topological polar surface area (TPSA) is 0 Å². The van der Waals surface area contributed by atoms with Gasteiger partial charge in [0, 0.05) is 25.8 Å². The van der Waals surface area contributed by atoms with Crippen LogP contribution in [-0.4, -0.2) is 8.07 Å². The second kappa shape index (κ2) is 6.02. The fourth-order valence-corrected chi connectivity index (χ4v) is 8.62. The molecule has 0 saturated carbocycles. The predicted molar refractivity (Wildman–Crippen MR) is 76.1 cm³/mol. The second-order valence-corrected chi connectivity index (χ2v) is 10.8. The number of hydrogen-bond acceptors (Lipinski definition) is 0. The number of fused-ring (bicyclic) bond motifs is 1. The van der Waals surface area contributed by atoms with Gasteiger partial charge in [-0.25, -0.2) is 10.8 Å². The van der Waals surface area contributed by atoms with E-state index in [9.17, 15) is 0 Å². The van der Waals surface area contributed by atoms with Crippen molar-refractivity contribution in [1.82, 2.24) is 0 Å². The van der Waals surface area contributed by atoms with Gasteiger partial charge in [0.25, 0.3) is 0 Å². The number of halogens is 2. The van der Waals surface area contributed by atoms with Crippen LogP contribution in [-0.2, 0) is 25.8 Å². The van der Waals surface area contributed by atoms with E-state index in [1.807, 2.05) is 0 Å². The van der Waals surface area contributed by atoms with E-state index in [2.05, 4.69) is 52.9 Å². The van der Waals surface area contributed by atoms with Crippen LogP contribution in [0.2, 0.25) is 13.1 Å². The first-order valence-corrected chi connectivity index (χ1v) is 9.53. The average Bonchev–Trinajstić information content (AvgIpc) is 2.75. The van der Waals surface area contributed by atoms with E-state index >= 15 is 0 Å². The molecule has 110 valence electrons. The Kier molecular flexibility index (Phi) is 6.21. The molecule has 2 aliphatic heterocycles. The monoisotopic (exact) mass is 491 g/mol. The maximum Gasteiger partial charge on any atom is 0.0522 e. The maximum atomic E-state index is 3.85. The smallest absolute Gasteiger partial charge is 0.0522 e. The van der Waals surface area contributed by atoms with Gasteiger partial charge in [0.2, 0.25) is 0 Å². The summed E-state index contributed by atoms with van der Waals surface area (Å²) in [5, 5.41) is 3.34. The Labute approximate surface area is 155 Å². The molecule has 0 aromatic rings. The quantitative estimate of drug-likeness (QED) is 0.311. The van der Waals surface area contributed by atoms with E-state index in [4.69, 9.17) is 0 Å². The van der Waals surface area contributed by atoms with Crippen molar-refractivity contribution in [2.24, 2.45) is 5.41 Å². The molecular weight excluding hydrogens is 470 g/mol. The van der Waals surface area contributed by atoms with E-state index in [-0.39, 0.29) is 56.1 Å². The van der Waals surface area contributed by atoms with Gasteiger partial charge in [-0.15, -0.1) is 6.92 Å². The van der Waals surface area contributed by atoms with Crippen molar-refractivity contribution < 1.29 is 50.7 Å². The summed E-state index contributed by atoms with van der Waals surface area (Å²) in [5.41, 5.74) is 6.31. The number of hydrogen-bond donors (Lipinski definition) is 0. The van der Waals surface area contributed by atoms with E-state index in [0.29, 0.717) is 0 Å². The molecule has 0 nitrogen and oxygen atoms in total. The number of allylic oxidation sites excluding steroid dienone is 8. The van der Waals surface area contributed by atoms with Gasteiger partial charge in [-0.1, -0.05) is 48.2 Å². The van der Waals surface area contributed by atoms with Crippen LogP contribution in [0.15, 0.2) is 38.8 Å². The summed E-state index contributed by atoms with van der Waals surface area (Å²) in [6.07, 6.45) is 7.36. The molecule has 2 heterocycles. The molecule has 0 saturated heterocycles. The zero-order valence-corrected chi connectivity index (χ0v) is 19.1.